The van der Waals surface area contributed by atoms with E-state index in [4.69, 9.17) is 10.1 Å². The van der Waals surface area contributed by atoms with Crippen molar-refractivity contribution in [3.63, 3.8) is 0 Å². The standard InChI is InChI=1S/C30H26F2N6O5/c1-2-36-17-22(29(41)38(30(36)42)20-8-5-18(31)6-9-20)28(40)35-19-7-10-25(23(32)14-19)43-26-15-21(16-34-24(26)11-12-33)37-13-3-4-27(37)39/h5-10,12,14-17,33H,2-4,11,13H2,1H3,(H,35,40). The molecular formula is C30H26F2N6O5. The second kappa shape index (κ2) is 12.2. The van der Waals surface area contributed by atoms with Crippen LogP contribution >= 0.6 is 0 Å². The highest BCUT2D eigenvalue weighted by Crippen LogP contribution is 2.32. The van der Waals surface area contributed by atoms with Gasteiger partial charge in [-0.3, -0.25) is 23.9 Å². The molecule has 0 spiro atoms. The zero-order valence-corrected chi connectivity index (χ0v) is 23.0. The number of nitrogens with one attached hydrogen (secondary N) is 2. The summed E-state index contributed by atoms with van der Waals surface area (Å²) in [5.74, 6) is -2.39. The number of hydrogen-bond donors (Lipinski definition) is 2. The highest BCUT2D eigenvalue weighted by molar-refractivity contribution is 6.04. The quantitative estimate of drug-likeness (QED) is 0.283. The fourth-order valence-electron chi connectivity index (χ4n) is 4.65. The fourth-order valence-corrected chi connectivity index (χ4v) is 4.65. The molecule has 1 fully saturated rings. The Morgan fingerprint density at radius 2 is 1.84 bits per heavy atom. The summed E-state index contributed by atoms with van der Waals surface area (Å²) in [6.07, 6.45) is 4.99. The van der Waals surface area contributed by atoms with E-state index >= 15 is 4.39 Å². The van der Waals surface area contributed by atoms with Gasteiger partial charge in [-0.15, -0.1) is 0 Å². The molecule has 0 atom stereocenters. The lowest BCUT2D eigenvalue weighted by Crippen LogP contribution is -2.42. The monoisotopic (exact) mass is 588 g/mol. The van der Waals surface area contributed by atoms with Crippen molar-refractivity contribution >= 4 is 29.4 Å². The van der Waals surface area contributed by atoms with Crippen molar-refractivity contribution in [2.75, 3.05) is 16.8 Å². The summed E-state index contributed by atoms with van der Waals surface area (Å²) in [5.41, 5.74) is -1.08. The number of ether oxygens (including phenoxy) is 1. The lowest BCUT2D eigenvalue weighted by molar-refractivity contribution is -0.117. The first-order chi connectivity index (χ1) is 20.7. The minimum Gasteiger partial charge on any atom is -0.452 e. The van der Waals surface area contributed by atoms with Crippen molar-refractivity contribution in [2.24, 2.45) is 0 Å². The van der Waals surface area contributed by atoms with Crippen molar-refractivity contribution in [3.05, 3.63) is 105 Å². The summed E-state index contributed by atoms with van der Waals surface area (Å²) in [7, 11) is 0. The maximum Gasteiger partial charge on any atom is 0.335 e. The van der Waals surface area contributed by atoms with Gasteiger partial charge in [0.05, 0.1) is 23.3 Å². The summed E-state index contributed by atoms with van der Waals surface area (Å²) in [6.45, 7) is 2.32. The summed E-state index contributed by atoms with van der Waals surface area (Å²) >= 11 is 0. The maximum atomic E-state index is 15.2. The molecule has 0 aliphatic carbocycles. The zero-order chi connectivity index (χ0) is 30.7. The van der Waals surface area contributed by atoms with Crippen LogP contribution in [0.4, 0.5) is 20.2 Å². The molecule has 2 aromatic heterocycles. The molecule has 43 heavy (non-hydrogen) atoms. The molecule has 0 saturated carbocycles. The molecule has 5 rings (SSSR count). The van der Waals surface area contributed by atoms with Crippen molar-refractivity contribution < 1.29 is 23.1 Å². The second-order valence-corrected chi connectivity index (χ2v) is 9.63. The van der Waals surface area contributed by atoms with Crippen molar-refractivity contribution in [2.45, 2.75) is 32.7 Å². The van der Waals surface area contributed by atoms with E-state index in [1.165, 1.54) is 30.5 Å². The highest BCUT2D eigenvalue weighted by Gasteiger charge is 2.24. The van der Waals surface area contributed by atoms with Crippen LogP contribution in [-0.4, -0.2) is 38.7 Å². The number of aromatic nitrogens is 3. The molecule has 0 unspecified atom stereocenters. The summed E-state index contributed by atoms with van der Waals surface area (Å²) < 4.78 is 36.3. The average Bonchev–Trinajstić information content (AvgIpc) is 3.42. The largest absolute Gasteiger partial charge is 0.452 e. The predicted molar refractivity (Wildman–Crippen MR) is 155 cm³/mol. The first kappa shape index (κ1) is 29.0. The van der Waals surface area contributed by atoms with E-state index in [-0.39, 0.29) is 47.3 Å². The van der Waals surface area contributed by atoms with Crippen LogP contribution in [-0.2, 0) is 17.8 Å². The van der Waals surface area contributed by atoms with Gasteiger partial charge in [-0.05, 0) is 49.7 Å². The highest BCUT2D eigenvalue weighted by atomic mass is 19.1. The normalized spacial score (nSPS) is 12.8. The van der Waals surface area contributed by atoms with E-state index < -0.39 is 28.8 Å². The van der Waals surface area contributed by atoms with Gasteiger partial charge in [0.25, 0.3) is 11.5 Å². The number of amides is 2. The Kier molecular flexibility index (Phi) is 8.23. The van der Waals surface area contributed by atoms with Crippen LogP contribution < -0.4 is 26.2 Å². The van der Waals surface area contributed by atoms with E-state index in [1.54, 1.807) is 17.9 Å². The molecule has 2 amide bonds. The van der Waals surface area contributed by atoms with Gasteiger partial charge in [0.2, 0.25) is 5.91 Å². The Morgan fingerprint density at radius 1 is 1.07 bits per heavy atom. The first-order valence-corrected chi connectivity index (χ1v) is 13.4. The predicted octanol–water partition coefficient (Wildman–Crippen LogP) is 4.06. The first-order valence-electron chi connectivity index (χ1n) is 13.4. The number of rotatable bonds is 9. The molecule has 4 aromatic rings. The number of hydrogen-bond acceptors (Lipinski definition) is 7. The van der Waals surface area contributed by atoms with Crippen molar-refractivity contribution in [1.29, 1.82) is 5.41 Å². The Labute approximate surface area is 243 Å². The lowest BCUT2D eigenvalue weighted by atomic mass is 10.2. The van der Waals surface area contributed by atoms with Gasteiger partial charge in [-0.1, -0.05) is 0 Å². The Morgan fingerprint density at radius 3 is 2.49 bits per heavy atom. The number of carbonyl (C=O) groups is 2. The van der Waals surface area contributed by atoms with Crippen molar-refractivity contribution in [1.82, 2.24) is 14.1 Å². The molecule has 220 valence electrons. The van der Waals surface area contributed by atoms with E-state index in [1.807, 2.05) is 0 Å². The van der Waals surface area contributed by atoms with Crippen LogP contribution in [0.5, 0.6) is 11.5 Å². The number of nitrogens with zero attached hydrogens (tertiary/aromatic N) is 4. The number of carbonyl (C=O) groups excluding carboxylic acids is 2. The smallest absolute Gasteiger partial charge is 0.335 e. The van der Waals surface area contributed by atoms with E-state index in [9.17, 15) is 23.6 Å². The topological polar surface area (TPSA) is 139 Å². The lowest BCUT2D eigenvalue weighted by Gasteiger charge is -2.18. The molecule has 2 aromatic carbocycles. The van der Waals surface area contributed by atoms with Gasteiger partial charge in [0.1, 0.15) is 11.4 Å². The van der Waals surface area contributed by atoms with Gasteiger partial charge in [-0.2, -0.15) is 0 Å². The van der Waals surface area contributed by atoms with Gasteiger partial charge in [0, 0.05) is 56.2 Å². The van der Waals surface area contributed by atoms with Crippen LogP contribution in [0.1, 0.15) is 35.8 Å². The van der Waals surface area contributed by atoms with Crippen molar-refractivity contribution in [3.8, 4) is 17.2 Å². The third-order valence-electron chi connectivity index (χ3n) is 6.83. The number of pyridine rings is 1. The summed E-state index contributed by atoms with van der Waals surface area (Å²) in [6, 6.07) is 9.87. The van der Waals surface area contributed by atoms with Crippen LogP contribution in [0, 0.1) is 17.0 Å². The number of aryl methyl sites for hydroxylation is 1. The molecular weight excluding hydrogens is 562 g/mol. The van der Waals surface area contributed by atoms with Crippen LogP contribution in [0.15, 0.2) is 70.5 Å². The number of anilines is 2. The van der Waals surface area contributed by atoms with Crippen LogP contribution in [0.25, 0.3) is 5.69 Å². The van der Waals surface area contributed by atoms with E-state index in [2.05, 4.69) is 10.3 Å². The van der Waals surface area contributed by atoms with E-state index in [0.29, 0.717) is 30.8 Å². The molecule has 0 radical (unpaired) electrons. The Balaban J connectivity index is 1.41. The molecule has 0 bridgehead atoms. The van der Waals surface area contributed by atoms with Crippen LogP contribution in [0.2, 0.25) is 0 Å². The molecule has 13 heteroatoms. The fraction of sp³-hybridized carbons (Fsp3) is 0.200. The zero-order valence-electron chi connectivity index (χ0n) is 23.0. The minimum absolute atomic E-state index is 0.00563. The van der Waals surface area contributed by atoms with E-state index in [0.717, 1.165) is 39.7 Å². The number of halogens is 2. The average molecular weight is 589 g/mol. The summed E-state index contributed by atoms with van der Waals surface area (Å²) in [5, 5.41) is 9.90. The molecule has 11 nitrogen and oxygen atoms in total. The van der Waals surface area contributed by atoms with Gasteiger partial charge in [-0.25, -0.2) is 18.1 Å². The molecule has 1 saturated heterocycles. The van der Waals surface area contributed by atoms with Gasteiger partial charge < -0.3 is 20.4 Å². The number of benzene rings is 2. The van der Waals surface area contributed by atoms with Crippen LogP contribution in [0.3, 0.4) is 0 Å². The molecule has 2 N–H and O–H groups in total. The third kappa shape index (κ3) is 5.96. The Bertz CT molecular complexity index is 1850. The second-order valence-electron chi connectivity index (χ2n) is 9.63. The molecule has 3 heterocycles. The SMILES string of the molecule is CCn1cc(C(=O)Nc2ccc(Oc3cc(N4CCCC4=O)cnc3CC=N)c(F)c2)c(=O)n(-c2ccc(F)cc2)c1=O. The Hall–Kier alpha value is -5.46. The summed E-state index contributed by atoms with van der Waals surface area (Å²) in [4.78, 5) is 57.2. The van der Waals surface area contributed by atoms with Gasteiger partial charge >= 0.3 is 5.69 Å². The molecule has 1 aliphatic heterocycles. The third-order valence-corrected chi connectivity index (χ3v) is 6.83. The minimum atomic E-state index is -0.929. The van der Waals surface area contributed by atoms with Gasteiger partial charge in [0.15, 0.2) is 17.3 Å². The maximum absolute atomic E-state index is 15.2. The molecule has 1 aliphatic rings.